The number of aliphatic carboxylic acids is 1. The highest BCUT2D eigenvalue weighted by molar-refractivity contribution is 5.85. The van der Waals surface area contributed by atoms with E-state index in [0.717, 1.165) is 38.5 Å². The molecule has 4 rings (SSSR count). The number of carboxylic acid groups (broad SMARTS) is 1. The molecule has 0 spiro atoms. The van der Waals surface area contributed by atoms with Crippen molar-refractivity contribution in [3.05, 3.63) is 0 Å². The highest BCUT2D eigenvalue weighted by atomic mass is 16.5. The van der Waals surface area contributed by atoms with Crippen LogP contribution in [0.2, 0.25) is 0 Å². The molecule has 8 nitrogen and oxygen atoms in total. The molecule has 4 fully saturated rings. The first-order chi connectivity index (χ1) is 18.7. The Morgan fingerprint density at radius 3 is 2.27 bits per heavy atom. The minimum absolute atomic E-state index is 0.145. The van der Waals surface area contributed by atoms with E-state index in [-0.39, 0.29) is 41.6 Å². The number of hydrogen-bond acceptors (Lipinski definition) is 6. The van der Waals surface area contributed by atoms with Gasteiger partial charge in [-0.15, -0.1) is 0 Å². The van der Waals surface area contributed by atoms with Gasteiger partial charge in [-0.2, -0.15) is 0 Å². The van der Waals surface area contributed by atoms with Crippen LogP contribution in [0.25, 0.3) is 0 Å². The minimum atomic E-state index is -1.05. The molecule has 0 aliphatic heterocycles. The maximum absolute atomic E-state index is 13.3. The van der Waals surface area contributed by atoms with Gasteiger partial charge in [0.05, 0.1) is 6.42 Å². The topological polar surface area (TPSA) is 136 Å². The number of rotatable bonds is 10. The third-order valence-corrected chi connectivity index (χ3v) is 11.6. The predicted molar refractivity (Wildman–Crippen MR) is 152 cm³/mol. The van der Waals surface area contributed by atoms with E-state index in [9.17, 15) is 19.2 Å². The Hall–Kier alpha value is -1.96. The summed E-state index contributed by atoms with van der Waals surface area (Å²) in [5, 5.41) is 11.7. The van der Waals surface area contributed by atoms with Gasteiger partial charge in [0.25, 0.3) is 0 Å². The molecule has 4 aliphatic carbocycles. The third-order valence-electron chi connectivity index (χ3n) is 11.6. The number of carboxylic acids is 1. The fraction of sp³-hybridized carbons (Fsp3) is 0.875. The second kappa shape index (κ2) is 12.1. The monoisotopic (exact) mass is 560 g/mol. The average molecular weight is 561 g/mol. The Labute approximate surface area is 239 Å². The van der Waals surface area contributed by atoms with E-state index >= 15 is 0 Å². The summed E-state index contributed by atoms with van der Waals surface area (Å²) >= 11 is 0. The van der Waals surface area contributed by atoms with Crippen LogP contribution < -0.4 is 11.1 Å². The smallest absolute Gasteiger partial charge is 0.328 e. The second-order valence-corrected chi connectivity index (χ2v) is 14.6. The summed E-state index contributed by atoms with van der Waals surface area (Å²) in [5.41, 5.74) is 6.19. The summed E-state index contributed by atoms with van der Waals surface area (Å²) < 4.78 is 6.06. The van der Waals surface area contributed by atoms with Crippen LogP contribution in [0.5, 0.6) is 0 Å². The van der Waals surface area contributed by atoms with Crippen molar-refractivity contribution < 1.29 is 29.0 Å². The van der Waals surface area contributed by atoms with Gasteiger partial charge in [0.15, 0.2) is 0 Å². The van der Waals surface area contributed by atoms with Crippen LogP contribution in [0.3, 0.4) is 0 Å². The zero-order valence-corrected chi connectivity index (χ0v) is 25.2. The van der Waals surface area contributed by atoms with Gasteiger partial charge in [-0.05, 0) is 112 Å². The maximum Gasteiger partial charge on any atom is 0.328 e. The Morgan fingerprint density at radius 2 is 1.62 bits per heavy atom. The molecule has 0 radical (unpaired) electrons. The largest absolute Gasteiger partial charge is 0.481 e. The molecule has 0 aromatic rings. The van der Waals surface area contributed by atoms with Crippen molar-refractivity contribution in [1.82, 2.24) is 5.32 Å². The van der Waals surface area contributed by atoms with Gasteiger partial charge in [0.2, 0.25) is 5.91 Å². The van der Waals surface area contributed by atoms with Crippen LogP contribution in [0.15, 0.2) is 0 Å². The van der Waals surface area contributed by atoms with Crippen molar-refractivity contribution in [3.8, 4) is 0 Å². The zero-order chi connectivity index (χ0) is 29.4. The number of nitrogens with two attached hydrogens (primary N) is 1. The molecule has 226 valence electrons. The summed E-state index contributed by atoms with van der Waals surface area (Å²) in [6.45, 7) is 10.6. The predicted octanol–water partition coefficient (Wildman–Crippen LogP) is 4.87. The van der Waals surface area contributed by atoms with E-state index in [2.05, 4.69) is 19.2 Å². The molecular weight excluding hydrogens is 508 g/mol. The lowest BCUT2D eigenvalue weighted by atomic mass is 9.44. The molecule has 0 aromatic carbocycles. The molecular formula is C32H52N2O6. The SMILES string of the molecule is CC(=O)[C@H]1CC[C@H]2[C@@H]3CC[C@H]4C[C@H](OC(=O)[C@H](CC(C)C)NC(=O)C[C@H](N)CC(=O)O)CC[C@]4(C)[C@H]3CC[C@]12C. The molecule has 1 amide bonds. The average Bonchev–Trinajstić information content (AvgIpc) is 3.20. The fourth-order valence-electron chi connectivity index (χ4n) is 9.71. The van der Waals surface area contributed by atoms with Gasteiger partial charge in [-0.25, -0.2) is 4.79 Å². The second-order valence-electron chi connectivity index (χ2n) is 14.6. The number of fused-ring (bicyclic) bond motifs is 5. The molecule has 4 aliphatic rings. The quantitative estimate of drug-likeness (QED) is 0.324. The number of carbonyl (C=O) groups excluding carboxylic acids is 3. The Balaban J connectivity index is 1.36. The van der Waals surface area contributed by atoms with Crippen molar-refractivity contribution in [2.24, 2.45) is 52.1 Å². The summed E-state index contributed by atoms with van der Waals surface area (Å²) in [7, 11) is 0. The molecule has 0 heterocycles. The van der Waals surface area contributed by atoms with Crippen molar-refractivity contribution in [2.75, 3.05) is 0 Å². The van der Waals surface area contributed by atoms with E-state index < -0.39 is 29.9 Å². The molecule has 4 N–H and O–H groups in total. The molecule has 4 saturated carbocycles. The Morgan fingerprint density at radius 1 is 0.950 bits per heavy atom. The van der Waals surface area contributed by atoms with Crippen LogP contribution in [-0.2, 0) is 23.9 Å². The number of nitrogens with one attached hydrogen (secondary N) is 1. The van der Waals surface area contributed by atoms with Crippen molar-refractivity contribution in [2.45, 2.75) is 130 Å². The van der Waals surface area contributed by atoms with Gasteiger partial charge in [-0.3, -0.25) is 14.4 Å². The summed E-state index contributed by atoms with van der Waals surface area (Å²) in [6.07, 6.45) is 9.57. The van der Waals surface area contributed by atoms with E-state index in [1.165, 1.54) is 19.3 Å². The minimum Gasteiger partial charge on any atom is -0.481 e. The van der Waals surface area contributed by atoms with E-state index in [0.29, 0.717) is 35.9 Å². The number of esters is 1. The molecule has 0 saturated heterocycles. The van der Waals surface area contributed by atoms with E-state index in [1.54, 1.807) is 6.92 Å². The first-order valence-corrected chi connectivity index (χ1v) is 15.7. The summed E-state index contributed by atoms with van der Waals surface area (Å²) in [6, 6.07) is -1.56. The molecule has 0 unspecified atom stereocenters. The normalized spacial score (nSPS) is 38.4. The van der Waals surface area contributed by atoms with Crippen molar-refractivity contribution in [1.29, 1.82) is 0 Å². The van der Waals surface area contributed by atoms with Crippen molar-refractivity contribution in [3.63, 3.8) is 0 Å². The van der Waals surface area contributed by atoms with Crippen LogP contribution in [0.1, 0.15) is 112 Å². The van der Waals surface area contributed by atoms with Crippen LogP contribution in [0.4, 0.5) is 0 Å². The molecule has 0 aromatic heterocycles. The van der Waals surface area contributed by atoms with E-state index in [4.69, 9.17) is 15.6 Å². The number of amides is 1. The van der Waals surface area contributed by atoms with Gasteiger partial charge >= 0.3 is 11.9 Å². The Kier molecular flexibility index (Phi) is 9.38. The summed E-state index contributed by atoms with van der Waals surface area (Å²) in [4.78, 5) is 49.1. The fourth-order valence-corrected chi connectivity index (χ4v) is 9.71. The third kappa shape index (κ3) is 6.27. The van der Waals surface area contributed by atoms with E-state index in [1.807, 2.05) is 13.8 Å². The molecule has 10 atom stereocenters. The number of hydrogen-bond donors (Lipinski definition) is 3. The van der Waals surface area contributed by atoms with Crippen molar-refractivity contribution >= 4 is 23.6 Å². The van der Waals surface area contributed by atoms with Crippen LogP contribution in [-0.4, -0.2) is 46.9 Å². The van der Waals surface area contributed by atoms with Crippen LogP contribution in [0, 0.1) is 46.3 Å². The Bertz CT molecular complexity index is 982. The number of ketones is 1. The van der Waals surface area contributed by atoms with Gasteiger partial charge in [0.1, 0.15) is 17.9 Å². The molecule has 0 bridgehead atoms. The summed E-state index contributed by atoms with van der Waals surface area (Å²) in [5.74, 6) is 1.44. The lowest BCUT2D eigenvalue weighted by Crippen LogP contribution is -2.54. The highest BCUT2D eigenvalue weighted by Crippen LogP contribution is 2.67. The number of ether oxygens (including phenoxy) is 1. The van der Waals surface area contributed by atoms with Gasteiger partial charge in [-0.1, -0.05) is 27.7 Å². The number of carbonyl (C=O) groups is 4. The number of Topliss-reactive ketones (excluding diaryl/α,β-unsaturated/α-hetero) is 1. The standard InChI is InChI=1S/C32H52N2O6/c1-18(2)14-27(34-28(36)16-21(33)17-29(37)38)30(39)40-22-10-12-31(4)20(15-22)6-7-23-25-9-8-24(19(3)35)32(25,5)13-11-26(23)31/h18,20-27H,6-17,33H2,1-5H3,(H,34,36)(H,37,38)/t20-,21-,22+,23-,24+,25-,26-,27-,31-,32+/m0/s1. The molecule has 40 heavy (non-hydrogen) atoms. The zero-order valence-electron chi connectivity index (χ0n) is 25.2. The first-order valence-electron chi connectivity index (χ1n) is 15.7. The lowest BCUT2D eigenvalue weighted by Gasteiger charge is -2.61. The van der Waals surface area contributed by atoms with Gasteiger partial charge in [0, 0.05) is 18.4 Å². The highest BCUT2D eigenvalue weighted by Gasteiger charge is 2.61. The maximum atomic E-state index is 13.3. The van der Waals surface area contributed by atoms with Crippen LogP contribution >= 0.6 is 0 Å². The first kappa shape index (κ1) is 31.0. The lowest BCUT2D eigenvalue weighted by molar-refractivity contribution is -0.166. The molecule has 8 heteroatoms. The van der Waals surface area contributed by atoms with Gasteiger partial charge < -0.3 is 20.9 Å².